The fraction of sp³-hybridized carbons (Fsp3) is 0.176. The SMILES string of the molecule is C.CN=C1CN(O)C(c2ccccc2)=c2cc(Cl)ccc2=N1.Cl. The van der Waals surface area contributed by atoms with Crippen LogP contribution in [0.15, 0.2) is 58.5 Å². The molecule has 0 fully saturated rings. The Morgan fingerprint density at radius 2 is 1.87 bits per heavy atom. The van der Waals surface area contributed by atoms with E-state index in [-0.39, 0.29) is 26.4 Å². The first-order valence-corrected chi connectivity index (χ1v) is 6.93. The Kier molecular flexibility index (Phi) is 6.76. The Bertz CT molecular complexity index is 819. The van der Waals surface area contributed by atoms with E-state index in [0.717, 1.165) is 16.1 Å². The summed E-state index contributed by atoms with van der Waals surface area (Å²) in [5.74, 6) is 0.562. The number of amidine groups is 1. The molecule has 2 aromatic carbocycles. The fourth-order valence-electron chi connectivity index (χ4n) is 2.34. The van der Waals surface area contributed by atoms with E-state index in [4.69, 9.17) is 11.6 Å². The van der Waals surface area contributed by atoms with E-state index in [0.29, 0.717) is 16.6 Å². The van der Waals surface area contributed by atoms with Crippen LogP contribution in [0.2, 0.25) is 5.02 Å². The molecule has 1 heterocycles. The smallest absolute Gasteiger partial charge is 0.145 e. The largest absolute Gasteiger partial charge is 0.288 e. The molecule has 0 saturated heterocycles. The highest BCUT2D eigenvalue weighted by Crippen LogP contribution is 2.15. The van der Waals surface area contributed by atoms with Crippen LogP contribution >= 0.6 is 24.0 Å². The van der Waals surface area contributed by atoms with Crippen LogP contribution in [0.3, 0.4) is 0 Å². The number of hydrogen-bond acceptors (Lipinski definition) is 3. The van der Waals surface area contributed by atoms with Crippen molar-refractivity contribution in [2.24, 2.45) is 9.98 Å². The molecule has 2 aromatic rings. The Balaban J connectivity index is 0.00000132. The second-order valence-corrected chi connectivity index (χ2v) is 5.12. The summed E-state index contributed by atoms with van der Waals surface area (Å²) >= 11 is 6.12. The zero-order chi connectivity index (χ0) is 14.8. The van der Waals surface area contributed by atoms with Crippen LogP contribution in [0.25, 0.3) is 5.70 Å². The molecular formula is C17H19Cl2N3O. The van der Waals surface area contributed by atoms with Gasteiger partial charge in [0.05, 0.1) is 11.1 Å². The van der Waals surface area contributed by atoms with Crippen molar-refractivity contribution in [3.63, 3.8) is 0 Å². The maximum Gasteiger partial charge on any atom is 0.145 e. The lowest BCUT2D eigenvalue weighted by Crippen LogP contribution is -2.31. The van der Waals surface area contributed by atoms with Crippen molar-refractivity contribution in [1.82, 2.24) is 5.06 Å². The lowest BCUT2D eigenvalue weighted by atomic mass is 10.1. The monoisotopic (exact) mass is 351 g/mol. The van der Waals surface area contributed by atoms with Crippen LogP contribution in [-0.4, -0.2) is 29.7 Å². The van der Waals surface area contributed by atoms with Crippen LogP contribution in [0.4, 0.5) is 0 Å². The van der Waals surface area contributed by atoms with Gasteiger partial charge in [-0.2, -0.15) is 0 Å². The number of halogens is 2. The molecular weight excluding hydrogens is 333 g/mol. The second kappa shape index (κ2) is 8.11. The van der Waals surface area contributed by atoms with Gasteiger partial charge in [0.25, 0.3) is 0 Å². The first-order valence-electron chi connectivity index (χ1n) is 6.55. The number of benzene rings is 2. The van der Waals surface area contributed by atoms with E-state index in [1.165, 1.54) is 5.06 Å². The molecule has 6 heteroatoms. The number of hydroxylamine groups is 2. The fourth-order valence-corrected chi connectivity index (χ4v) is 2.52. The molecule has 0 aliphatic carbocycles. The highest BCUT2D eigenvalue weighted by atomic mass is 35.5. The van der Waals surface area contributed by atoms with Crippen molar-refractivity contribution in [3.05, 3.63) is 69.7 Å². The third-order valence-corrected chi connectivity index (χ3v) is 3.55. The lowest BCUT2D eigenvalue weighted by Gasteiger charge is -2.19. The Morgan fingerprint density at radius 1 is 1.17 bits per heavy atom. The summed E-state index contributed by atoms with van der Waals surface area (Å²) in [6, 6.07) is 15.1. The summed E-state index contributed by atoms with van der Waals surface area (Å²) in [4.78, 5) is 8.60. The quantitative estimate of drug-likeness (QED) is 0.858. The minimum absolute atomic E-state index is 0. The van der Waals surface area contributed by atoms with E-state index in [1.807, 2.05) is 42.5 Å². The zero-order valence-corrected chi connectivity index (χ0v) is 13.5. The molecule has 1 aliphatic rings. The van der Waals surface area contributed by atoms with Gasteiger partial charge in [-0.15, -0.1) is 12.4 Å². The molecule has 0 bridgehead atoms. The molecule has 1 N–H and O–H groups in total. The number of rotatable bonds is 1. The molecule has 3 rings (SSSR count). The van der Waals surface area contributed by atoms with Crippen molar-refractivity contribution in [1.29, 1.82) is 0 Å². The summed E-state index contributed by atoms with van der Waals surface area (Å²) in [5, 5.41) is 13.8. The molecule has 0 unspecified atom stereocenters. The predicted octanol–water partition coefficient (Wildman–Crippen LogP) is 2.91. The lowest BCUT2D eigenvalue weighted by molar-refractivity contribution is -0.0119. The molecule has 4 nitrogen and oxygen atoms in total. The number of hydrogen-bond donors (Lipinski definition) is 1. The van der Waals surface area contributed by atoms with Crippen LogP contribution in [0.1, 0.15) is 13.0 Å². The summed E-state index contributed by atoms with van der Waals surface area (Å²) < 4.78 is 0. The van der Waals surface area contributed by atoms with Gasteiger partial charge in [-0.1, -0.05) is 49.4 Å². The van der Waals surface area contributed by atoms with E-state index in [2.05, 4.69) is 9.98 Å². The van der Waals surface area contributed by atoms with Gasteiger partial charge in [-0.25, -0.2) is 10.1 Å². The average molecular weight is 352 g/mol. The van der Waals surface area contributed by atoms with Gasteiger partial charge in [0, 0.05) is 22.9 Å². The molecule has 0 amide bonds. The van der Waals surface area contributed by atoms with Crippen molar-refractivity contribution >= 4 is 35.5 Å². The average Bonchev–Trinajstić information content (AvgIpc) is 2.63. The maximum absolute atomic E-state index is 10.5. The summed E-state index contributed by atoms with van der Waals surface area (Å²) in [7, 11) is 1.66. The normalized spacial score (nSPS) is 15.0. The second-order valence-electron chi connectivity index (χ2n) is 4.69. The molecule has 0 atom stereocenters. The highest BCUT2D eigenvalue weighted by molar-refractivity contribution is 6.30. The standard InChI is InChI=1S/C16H14ClN3O.CH4.ClH/c1-18-15-10-20(21)16(11-5-3-2-4-6-11)13-9-12(17)7-8-14(13)19-15;;/h2-9,21H,10H2,1H3;1H4;1H. The Labute approximate surface area is 146 Å². The molecule has 0 radical (unpaired) electrons. The van der Waals surface area contributed by atoms with E-state index >= 15 is 0 Å². The third-order valence-electron chi connectivity index (χ3n) is 3.32. The van der Waals surface area contributed by atoms with Crippen LogP contribution in [0.5, 0.6) is 0 Å². The topological polar surface area (TPSA) is 48.2 Å². The van der Waals surface area contributed by atoms with Gasteiger partial charge in [-0.05, 0) is 18.2 Å². The number of nitrogens with zero attached hydrogens (tertiary/aromatic N) is 3. The van der Waals surface area contributed by atoms with Crippen LogP contribution in [-0.2, 0) is 0 Å². The highest BCUT2D eigenvalue weighted by Gasteiger charge is 2.17. The maximum atomic E-state index is 10.5. The van der Waals surface area contributed by atoms with Crippen molar-refractivity contribution in [2.45, 2.75) is 7.43 Å². The Hall–Kier alpha value is -1.88. The molecule has 0 spiro atoms. The van der Waals surface area contributed by atoms with E-state index in [1.54, 1.807) is 13.1 Å². The number of fused-ring (bicyclic) bond motifs is 1. The van der Waals surface area contributed by atoms with E-state index < -0.39 is 0 Å². The first kappa shape index (κ1) is 19.2. The van der Waals surface area contributed by atoms with Gasteiger partial charge in [0.1, 0.15) is 12.4 Å². The molecule has 0 aromatic heterocycles. The third kappa shape index (κ3) is 3.91. The van der Waals surface area contributed by atoms with E-state index in [9.17, 15) is 5.21 Å². The van der Waals surface area contributed by atoms with Crippen LogP contribution < -0.4 is 10.6 Å². The minimum Gasteiger partial charge on any atom is -0.288 e. The van der Waals surface area contributed by atoms with Crippen molar-refractivity contribution in [3.8, 4) is 0 Å². The molecule has 122 valence electrons. The first-order chi connectivity index (χ1) is 10.2. The van der Waals surface area contributed by atoms with Crippen LogP contribution in [0, 0.1) is 0 Å². The zero-order valence-electron chi connectivity index (χ0n) is 11.9. The summed E-state index contributed by atoms with van der Waals surface area (Å²) in [6.45, 7) is 0.229. The van der Waals surface area contributed by atoms with Crippen molar-refractivity contribution < 1.29 is 5.21 Å². The predicted molar refractivity (Wildman–Crippen MR) is 97.0 cm³/mol. The van der Waals surface area contributed by atoms with Crippen molar-refractivity contribution in [2.75, 3.05) is 13.6 Å². The van der Waals surface area contributed by atoms with Gasteiger partial charge < -0.3 is 0 Å². The molecule has 23 heavy (non-hydrogen) atoms. The molecule has 0 saturated carbocycles. The molecule has 1 aliphatic heterocycles. The van der Waals surface area contributed by atoms with Gasteiger partial charge in [0.15, 0.2) is 0 Å². The van der Waals surface area contributed by atoms with Gasteiger partial charge in [0.2, 0.25) is 0 Å². The number of aliphatic imine (C=N–C) groups is 1. The van der Waals surface area contributed by atoms with Gasteiger partial charge >= 0.3 is 0 Å². The Morgan fingerprint density at radius 3 is 2.52 bits per heavy atom. The summed E-state index contributed by atoms with van der Waals surface area (Å²) in [6.07, 6.45) is 0. The summed E-state index contributed by atoms with van der Waals surface area (Å²) in [5.41, 5.74) is 1.58. The minimum atomic E-state index is 0. The van der Waals surface area contributed by atoms with Gasteiger partial charge in [-0.3, -0.25) is 10.2 Å².